The van der Waals surface area contributed by atoms with Crippen molar-refractivity contribution in [3.8, 4) is 0 Å². The Kier molecular flexibility index (Phi) is 6.15. The van der Waals surface area contributed by atoms with Crippen molar-refractivity contribution in [3.63, 3.8) is 0 Å². The molecule has 0 unspecified atom stereocenters. The maximum absolute atomic E-state index is 12.2. The zero-order valence-corrected chi connectivity index (χ0v) is 14.6. The van der Waals surface area contributed by atoms with Crippen molar-refractivity contribution < 1.29 is 14.3 Å². The Morgan fingerprint density at radius 3 is 2.87 bits per heavy atom. The standard InChI is InChI=1S/C16H23N3O3S/c1-4-22-15(20)13-11-6-5-7-12(11)23-14(13)18-16(21)19-17-9-8-10(2)3/h9-10H,4-8H2,1-3H3,(H2,18,19,21). The van der Waals surface area contributed by atoms with E-state index in [9.17, 15) is 9.59 Å². The van der Waals surface area contributed by atoms with E-state index in [0.717, 1.165) is 36.1 Å². The van der Waals surface area contributed by atoms with Crippen molar-refractivity contribution in [2.75, 3.05) is 11.9 Å². The average Bonchev–Trinajstić information content (AvgIpc) is 3.03. The number of hydrazone groups is 1. The molecule has 1 heterocycles. The highest BCUT2D eigenvalue weighted by atomic mass is 32.1. The number of esters is 1. The molecule has 2 amide bonds. The fourth-order valence-corrected chi connectivity index (χ4v) is 3.68. The van der Waals surface area contributed by atoms with E-state index < -0.39 is 6.03 Å². The smallest absolute Gasteiger partial charge is 0.341 e. The van der Waals surface area contributed by atoms with E-state index in [1.807, 2.05) is 0 Å². The molecule has 23 heavy (non-hydrogen) atoms. The normalized spacial score (nSPS) is 13.4. The van der Waals surface area contributed by atoms with Gasteiger partial charge in [0, 0.05) is 11.1 Å². The summed E-state index contributed by atoms with van der Waals surface area (Å²) < 4.78 is 5.13. The third kappa shape index (κ3) is 4.54. The molecule has 0 radical (unpaired) electrons. The number of urea groups is 1. The highest BCUT2D eigenvalue weighted by molar-refractivity contribution is 7.17. The number of hydrogen-bond acceptors (Lipinski definition) is 5. The largest absolute Gasteiger partial charge is 0.462 e. The van der Waals surface area contributed by atoms with Crippen LogP contribution in [-0.2, 0) is 17.6 Å². The second-order valence-corrected chi connectivity index (χ2v) is 6.89. The van der Waals surface area contributed by atoms with E-state index in [0.29, 0.717) is 23.1 Å². The quantitative estimate of drug-likeness (QED) is 0.473. The molecule has 1 aliphatic rings. The first-order valence-electron chi connectivity index (χ1n) is 7.93. The van der Waals surface area contributed by atoms with Crippen LogP contribution in [0.25, 0.3) is 0 Å². The van der Waals surface area contributed by atoms with Crippen LogP contribution < -0.4 is 10.7 Å². The van der Waals surface area contributed by atoms with Gasteiger partial charge in [0.2, 0.25) is 0 Å². The third-order valence-electron chi connectivity index (χ3n) is 3.46. The van der Waals surface area contributed by atoms with Gasteiger partial charge in [-0.25, -0.2) is 15.0 Å². The van der Waals surface area contributed by atoms with Gasteiger partial charge >= 0.3 is 12.0 Å². The first-order valence-corrected chi connectivity index (χ1v) is 8.74. The molecule has 2 N–H and O–H groups in total. The van der Waals surface area contributed by atoms with Gasteiger partial charge in [0.05, 0.1) is 12.2 Å². The summed E-state index contributed by atoms with van der Waals surface area (Å²) in [4.78, 5) is 25.3. The Balaban J connectivity index is 2.06. The molecular weight excluding hydrogens is 314 g/mol. The van der Waals surface area contributed by atoms with Gasteiger partial charge in [0.15, 0.2) is 0 Å². The summed E-state index contributed by atoms with van der Waals surface area (Å²) in [6, 6.07) is -0.449. The minimum atomic E-state index is -0.449. The van der Waals surface area contributed by atoms with Gasteiger partial charge < -0.3 is 4.74 Å². The number of rotatable bonds is 6. The maximum atomic E-state index is 12.2. The van der Waals surface area contributed by atoms with Crippen LogP contribution in [0.2, 0.25) is 0 Å². The van der Waals surface area contributed by atoms with Crippen molar-refractivity contribution in [1.29, 1.82) is 0 Å². The van der Waals surface area contributed by atoms with Crippen LogP contribution in [0.3, 0.4) is 0 Å². The van der Waals surface area contributed by atoms with Gasteiger partial charge in [-0.1, -0.05) is 13.8 Å². The van der Waals surface area contributed by atoms with Gasteiger partial charge in [-0.15, -0.1) is 11.3 Å². The number of nitrogens with one attached hydrogen (secondary N) is 2. The Labute approximate surface area is 140 Å². The van der Waals surface area contributed by atoms with Crippen molar-refractivity contribution >= 4 is 34.6 Å². The molecule has 0 saturated carbocycles. The molecule has 0 aliphatic heterocycles. The van der Waals surface area contributed by atoms with E-state index in [1.165, 1.54) is 11.3 Å². The summed E-state index contributed by atoms with van der Waals surface area (Å²) in [5.74, 6) is 0.116. The van der Waals surface area contributed by atoms with Gasteiger partial charge in [-0.05, 0) is 44.1 Å². The Bertz CT molecular complexity index is 608. The summed E-state index contributed by atoms with van der Waals surface area (Å²) in [5, 5.41) is 7.15. The van der Waals surface area contributed by atoms with Crippen LogP contribution in [0.5, 0.6) is 0 Å². The fourth-order valence-electron chi connectivity index (χ4n) is 2.41. The Morgan fingerprint density at radius 2 is 2.17 bits per heavy atom. The number of carbonyl (C=O) groups excluding carboxylic acids is 2. The van der Waals surface area contributed by atoms with E-state index in [4.69, 9.17) is 4.74 Å². The van der Waals surface area contributed by atoms with Crippen molar-refractivity contribution in [2.45, 2.75) is 46.5 Å². The first-order chi connectivity index (χ1) is 11.0. The molecule has 1 aromatic heterocycles. The number of carbonyl (C=O) groups is 2. The van der Waals surface area contributed by atoms with Crippen molar-refractivity contribution in [3.05, 3.63) is 16.0 Å². The van der Waals surface area contributed by atoms with E-state index >= 15 is 0 Å². The van der Waals surface area contributed by atoms with Crippen LogP contribution >= 0.6 is 11.3 Å². The van der Waals surface area contributed by atoms with E-state index in [-0.39, 0.29) is 5.97 Å². The molecule has 0 aromatic carbocycles. The molecule has 0 fully saturated rings. The maximum Gasteiger partial charge on any atom is 0.341 e. The second-order valence-electron chi connectivity index (χ2n) is 5.79. The molecule has 7 heteroatoms. The number of thiophene rings is 1. The molecule has 0 atom stereocenters. The van der Waals surface area contributed by atoms with Gasteiger partial charge in [-0.3, -0.25) is 5.32 Å². The van der Waals surface area contributed by atoms with Crippen LogP contribution in [-0.4, -0.2) is 24.8 Å². The van der Waals surface area contributed by atoms with E-state index in [1.54, 1.807) is 13.1 Å². The number of nitrogens with zero attached hydrogens (tertiary/aromatic N) is 1. The molecule has 2 rings (SSSR count). The fraction of sp³-hybridized carbons (Fsp3) is 0.562. The lowest BCUT2D eigenvalue weighted by Crippen LogP contribution is -2.25. The topological polar surface area (TPSA) is 79.8 Å². The van der Waals surface area contributed by atoms with E-state index in [2.05, 4.69) is 29.7 Å². The van der Waals surface area contributed by atoms with Crippen molar-refractivity contribution in [1.82, 2.24) is 5.43 Å². The van der Waals surface area contributed by atoms with Crippen LogP contribution in [0.15, 0.2) is 5.10 Å². The van der Waals surface area contributed by atoms with Crippen LogP contribution in [0.1, 0.15) is 54.4 Å². The molecule has 6 nitrogen and oxygen atoms in total. The Hall–Kier alpha value is -1.89. The number of anilines is 1. The van der Waals surface area contributed by atoms with Gasteiger partial charge in [-0.2, -0.15) is 5.10 Å². The molecule has 126 valence electrons. The summed E-state index contributed by atoms with van der Waals surface area (Å²) in [6.07, 6.45) is 5.31. The molecule has 0 spiro atoms. The SMILES string of the molecule is CCOC(=O)c1c(NC(=O)NN=CCC(C)C)sc2c1CCC2. The highest BCUT2D eigenvalue weighted by Crippen LogP contribution is 2.39. The molecule has 0 saturated heterocycles. The predicted octanol–water partition coefficient (Wildman–Crippen LogP) is 3.57. The molecule has 0 bridgehead atoms. The third-order valence-corrected chi connectivity index (χ3v) is 4.67. The number of ether oxygens (including phenoxy) is 1. The molecule has 1 aromatic rings. The van der Waals surface area contributed by atoms with Crippen LogP contribution in [0.4, 0.5) is 9.80 Å². The average molecular weight is 337 g/mol. The lowest BCUT2D eigenvalue weighted by Gasteiger charge is -2.07. The minimum absolute atomic E-state index is 0.314. The van der Waals surface area contributed by atoms with Crippen molar-refractivity contribution in [2.24, 2.45) is 11.0 Å². The number of amides is 2. The zero-order chi connectivity index (χ0) is 16.8. The Morgan fingerprint density at radius 1 is 1.39 bits per heavy atom. The first kappa shape index (κ1) is 17.5. The zero-order valence-electron chi connectivity index (χ0n) is 13.8. The summed E-state index contributed by atoms with van der Waals surface area (Å²) in [5.41, 5.74) is 3.95. The molecule has 1 aliphatic carbocycles. The number of hydrogen-bond donors (Lipinski definition) is 2. The monoisotopic (exact) mass is 337 g/mol. The number of fused-ring (bicyclic) bond motifs is 1. The van der Waals surface area contributed by atoms with Crippen LogP contribution in [0, 0.1) is 5.92 Å². The summed E-state index contributed by atoms with van der Waals surface area (Å²) in [6.45, 7) is 6.23. The molecular formula is C16H23N3O3S. The lowest BCUT2D eigenvalue weighted by atomic mass is 10.1. The second kappa shape index (κ2) is 8.10. The number of aryl methyl sites for hydroxylation is 1. The summed E-state index contributed by atoms with van der Waals surface area (Å²) >= 11 is 1.45. The predicted molar refractivity (Wildman–Crippen MR) is 92.4 cm³/mol. The van der Waals surface area contributed by atoms with Gasteiger partial charge in [0.1, 0.15) is 5.00 Å². The highest BCUT2D eigenvalue weighted by Gasteiger charge is 2.28. The minimum Gasteiger partial charge on any atom is -0.462 e. The summed E-state index contributed by atoms with van der Waals surface area (Å²) in [7, 11) is 0. The lowest BCUT2D eigenvalue weighted by molar-refractivity contribution is 0.0527. The van der Waals surface area contributed by atoms with Gasteiger partial charge in [0.25, 0.3) is 0 Å².